The van der Waals surface area contributed by atoms with Gasteiger partial charge in [-0.15, -0.1) is 0 Å². The molecule has 1 aliphatic rings. The highest BCUT2D eigenvalue weighted by Crippen LogP contribution is 2.26. The maximum atomic E-state index is 12.7. The minimum atomic E-state index is 0.161. The van der Waals surface area contributed by atoms with Crippen LogP contribution in [0.4, 0.5) is 11.4 Å². The Kier molecular flexibility index (Phi) is 8.11. The molecule has 0 radical (unpaired) electrons. The van der Waals surface area contributed by atoms with E-state index >= 15 is 0 Å². The second-order valence-electron chi connectivity index (χ2n) is 8.12. The minimum Gasteiger partial charge on any atom is -0.372 e. The maximum Gasteiger partial charge on any atom is 0.181 e. The molecule has 3 heteroatoms. The Hall–Kier alpha value is -2.81. The van der Waals surface area contributed by atoms with Crippen molar-refractivity contribution >= 4 is 23.2 Å². The number of hydrogen-bond acceptors (Lipinski definition) is 3. The van der Waals surface area contributed by atoms with Gasteiger partial charge in [-0.25, -0.2) is 0 Å². The first-order valence-electron chi connectivity index (χ1n) is 11.7. The van der Waals surface area contributed by atoms with Gasteiger partial charge in [-0.05, 0) is 94.5 Å². The van der Waals surface area contributed by atoms with Crippen LogP contribution >= 0.6 is 0 Å². The van der Waals surface area contributed by atoms with E-state index in [1.165, 1.54) is 22.5 Å². The van der Waals surface area contributed by atoms with Crippen LogP contribution < -0.4 is 9.80 Å². The molecule has 0 aromatic heterocycles. The van der Waals surface area contributed by atoms with Crippen LogP contribution in [0.15, 0.2) is 65.8 Å². The zero-order chi connectivity index (χ0) is 22.2. The quantitative estimate of drug-likeness (QED) is 0.449. The van der Waals surface area contributed by atoms with E-state index < -0.39 is 0 Å². The fraction of sp³-hybridized carbons (Fsp3) is 0.393. The Morgan fingerprint density at radius 1 is 0.742 bits per heavy atom. The van der Waals surface area contributed by atoms with Gasteiger partial charge in [0.15, 0.2) is 5.78 Å². The molecule has 0 fully saturated rings. The van der Waals surface area contributed by atoms with Crippen molar-refractivity contribution in [2.24, 2.45) is 0 Å². The van der Waals surface area contributed by atoms with Gasteiger partial charge in [0.05, 0.1) is 0 Å². The maximum absolute atomic E-state index is 12.7. The summed E-state index contributed by atoms with van der Waals surface area (Å²) < 4.78 is 0. The van der Waals surface area contributed by atoms with Gasteiger partial charge in [0, 0.05) is 43.1 Å². The van der Waals surface area contributed by atoms with Gasteiger partial charge in [-0.2, -0.15) is 0 Å². The number of carbonyl (C=O) groups is 1. The van der Waals surface area contributed by atoms with E-state index in [1.807, 2.05) is 6.08 Å². The van der Waals surface area contributed by atoms with Crippen molar-refractivity contribution in [1.29, 1.82) is 0 Å². The molecule has 0 atom stereocenters. The van der Waals surface area contributed by atoms with Crippen molar-refractivity contribution in [3.63, 3.8) is 0 Å². The molecule has 3 rings (SSSR count). The number of anilines is 2. The van der Waals surface area contributed by atoms with Gasteiger partial charge in [0.2, 0.25) is 0 Å². The summed E-state index contributed by atoms with van der Waals surface area (Å²) in [5, 5.41) is 0. The first-order chi connectivity index (χ1) is 15.1. The number of nitrogens with zero attached hydrogens (tertiary/aromatic N) is 2. The van der Waals surface area contributed by atoms with Gasteiger partial charge in [0.25, 0.3) is 0 Å². The third-order valence-electron chi connectivity index (χ3n) is 6.23. The van der Waals surface area contributed by atoms with Crippen LogP contribution in [-0.4, -0.2) is 32.0 Å². The van der Waals surface area contributed by atoms with Gasteiger partial charge in [-0.1, -0.05) is 29.8 Å². The van der Waals surface area contributed by atoms with Crippen molar-refractivity contribution in [1.82, 2.24) is 0 Å². The van der Waals surface area contributed by atoms with Crippen LogP contribution in [0, 0.1) is 0 Å². The molecule has 0 unspecified atom stereocenters. The standard InChI is InChI=1S/C28H36N2O/c1-5-29(6-2)26-15-10-22(11-16-26)19-24-9-14-25(28(31)21-24)20-23-12-17-27(18-13-23)30(7-3)8-4/h10-13,15-18,20-21H,5-9,14,19H2,1-4H3. The zero-order valence-corrected chi connectivity index (χ0v) is 19.5. The van der Waals surface area contributed by atoms with Gasteiger partial charge in [0.1, 0.15) is 0 Å². The van der Waals surface area contributed by atoms with E-state index in [1.54, 1.807) is 0 Å². The van der Waals surface area contributed by atoms with E-state index in [9.17, 15) is 4.79 Å². The SMILES string of the molecule is CCN(CC)c1ccc(C=C2CCC(Cc3ccc(N(CC)CC)cc3)=CC2=O)cc1. The molecule has 1 aliphatic carbocycles. The molecule has 0 amide bonds. The second-order valence-corrected chi connectivity index (χ2v) is 8.12. The summed E-state index contributed by atoms with van der Waals surface area (Å²) in [5.41, 5.74) is 7.01. The molecular formula is C28H36N2O. The largest absolute Gasteiger partial charge is 0.372 e. The Morgan fingerprint density at radius 2 is 1.26 bits per heavy atom. The third-order valence-corrected chi connectivity index (χ3v) is 6.23. The summed E-state index contributed by atoms with van der Waals surface area (Å²) in [7, 11) is 0. The first-order valence-corrected chi connectivity index (χ1v) is 11.7. The number of allylic oxidation sites excluding steroid dienone is 3. The molecule has 0 saturated heterocycles. The van der Waals surface area contributed by atoms with E-state index in [0.29, 0.717) is 0 Å². The summed E-state index contributed by atoms with van der Waals surface area (Å²) in [5.74, 6) is 0.161. The predicted octanol–water partition coefficient (Wildman–Crippen LogP) is 6.29. The van der Waals surface area contributed by atoms with Crippen molar-refractivity contribution in [2.45, 2.75) is 47.0 Å². The number of hydrogen-bond donors (Lipinski definition) is 0. The lowest BCUT2D eigenvalue weighted by molar-refractivity contribution is -0.111. The van der Waals surface area contributed by atoms with Gasteiger partial charge < -0.3 is 9.80 Å². The molecule has 2 aromatic carbocycles. The van der Waals surface area contributed by atoms with E-state index in [4.69, 9.17) is 0 Å². The summed E-state index contributed by atoms with van der Waals surface area (Å²) >= 11 is 0. The van der Waals surface area contributed by atoms with Crippen LogP contribution in [-0.2, 0) is 11.2 Å². The molecule has 0 bridgehead atoms. The second kappa shape index (κ2) is 11.0. The lowest BCUT2D eigenvalue weighted by Gasteiger charge is -2.21. The molecule has 0 saturated carbocycles. The molecule has 0 N–H and O–H groups in total. The zero-order valence-electron chi connectivity index (χ0n) is 19.5. The Labute approximate surface area is 188 Å². The molecule has 0 spiro atoms. The third kappa shape index (κ3) is 5.88. The van der Waals surface area contributed by atoms with Crippen LogP contribution in [0.5, 0.6) is 0 Å². The number of carbonyl (C=O) groups excluding carboxylic acids is 1. The van der Waals surface area contributed by atoms with E-state index in [2.05, 4.69) is 92.1 Å². The van der Waals surface area contributed by atoms with E-state index in [0.717, 1.165) is 56.6 Å². The Morgan fingerprint density at radius 3 is 1.74 bits per heavy atom. The number of ketones is 1. The monoisotopic (exact) mass is 416 g/mol. The summed E-state index contributed by atoms with van der Waals surface area (Å²) in [4.78, 5) is 17.4. The highest BCUT2D eigenvalue weighted by Gasteiger charge is 2.16. The fourth-order valence-corrected chi connectivity index (χ4v) is 4.30. The van der Waals surface area contributed by atoms with Crippen LogP contribution in [0.25, 0.3) is 6.08 Å². The highest BCUT2D eigenvalue weighted by molar-refractivity contribution is 6.08. The normalized spacial score (nSPS) is 15.2. The Balaban J connectivity index is 1.65. The van der Waals surface area contributed by atoms with Gasteiger partial charge >= 0.3 is 0 Å². The average Bonchev–Trinajstić information content (AvgIpc) is 2.79. The van der Waals surface area contributed by atoms with Gasteiger partial charge in [-0.3, -0.25) is 4.79 Å². The van der Waals surface area contributed by atoms with Crippen molar-refractivity contribution in [3.8, 4) is 0 Å². The van der Waals surface area contributed by atoms with Crippen LogP contribution in [0.2, 0.25) is 0 Å². The van der Waals surface area contributed by atoms with Crippen LogP contribution in [0.1, 0.15) is 51.7 Å². The summed E-state index contributed by atoms with van der Waals surface area (Å²) in [6.45, 7) is 12.7. The molecule has 164 valence electrons. The molecular weight excluding hydrogens is 380 g/mol. The number of rotatable bonds is 9. The van der Waals surface area contributed by atoms with Crippen molar-refractivity contribution in [2.75, 3.05) is 36.0 Å². The fourth-order valence-electron chi connectivity index (χ4n) is 4.30. The summed E-state index contributed by atoms with van der Waals surface area (Å²) in [6, 6.07) is 17.3. The molecule has 3 nitrogen and oxygen atoms in total. The van der Waals surface area contributed by atoms with Crippen molar-refractivity contribution < 1.29 is 4.79 Å². The molecule has 0 heterocycles. The predicted molar refractivity (Wildman–Crippen MR) is 134 cm³/mol. The minimum absolute atomic E-state index is 0.161. The Bertz CT molecular complexity index is 914. The molecule has 31 heavy (non-hydrogen) atoms. The molecule has 0 aliphatic heterocycles. The first kappa shape index (κ1) is 22.9. The van der Waals surface area contributed by atoms with Crippen molar-refractivity contribution in [3.05, 3.63) is 76.9 Å². The van der Waals surface area contributed by atoms with E-state index in [-0.39, 0.29) is 5.78 Å². The topological polar surface area (TPSA) is 23.6 Å². The smallest absolute Gasteiger partial charge is 0.181 e. The van der Waals surface area contributed by atoms with Crippen LogP contribution in [0.3, 0.4) is 0 Å². The number of benzene rings is 2. The highest BCUT2D eigenvalue weighted by atomic mass is 16.1. The lowest BCUT2D eigenvalue weighted by atomic mass is 9.89. The summed E-state index contributed by atoms with van der Waals surface area (Å²) in [6.07, 6.45) is 6.54. The average molecular weight is 417 g/mol. The molecule has 2 aromatic rings. The lowest BCUT2D eigenvalue weighted by Crippen LogP contribution is -2.21.